The van der Waals surface area contributed by atoms with Crippen LogP contribution < -0.4 is 0 Å². The molecule has 27 heavy (non-hydrogen) atoms. The monoisotopic (exact) mass is 350 g/mol. The number of carbonyl (C=O) groups excluding carboxylic acids is 1. The van der Waals surface area contributed by atoms with E-state index in [1.165, 1.54) is 23.1 Å². The van der Waals surface area contributed by atoms with E-state index in [-0.39, 0.29) is 5.41 Å². The minimum Gasteiger partial charge on any atom is -0.293 e. The van der Waals surface area contributed by atoms with Gasteiger partial charge >= 0.3 is 0 Å². The third-order valence-corrected chi connectivity index (χ3v) is 7.45. The Bertz CT molecular complexity index is 1020. The van der Waals surface area contributed by atoms with Crippen molar-refractivity contribution in [3.05, 3.63) is 107 Å². The van der Waals surface area contributed by atoms with Gasteiger partial charge in [0, 0.05) is 5.56 Å². The van der Waals surface area contributed by atoms with Crippen molar-refractivity contribution in [2.45, 2.75) is 24.2 Å². The van der Waals surface area contributed by atoms with Gasteiger partial charge in [-0.05, 0) is 53.2 Å². The predicted molar refractivity (Wildman–Crippen MR) is 107 cm³/mol. The summed E-state index contributed by atoms with van der Waals surface area (Å²) in [6, 6.07) is 29.5. The number of benzene rings is 3. The summed E-state index contributed by atoms with van der Waals surface area (Å²) < 4.78 is 0. The van der Waals surface area contributed by atoms with Gasteiger partial charge < -0.3 is 0 Å². The number of fused-ring (bicyclic) bond motifs is 5. The van der Waals surface area contributed by atoms with E-state index in [0.29, 0.717) is 29.5 Å². The van der Waals surface area contributed by atoms with Crippen LogP contribution in [0.1, 0.15) is 39.4 Å². The molecule has 0 aromatic heterocycles. The van der Waals surface area contributed by atoms with E-state index in [9.17, 15) is 4.79 Å². The van der Waals surface area contributed by atoms with Crippen LogP contribution in [0.4, 0.5) is 0 Å². The van der Waals surface area contributed by atoms with Crippen molar-refractivity contribution in [1.29, 1.82) is 0 Å². The number of hydrogen-bond donors (Lipinski definition) is 0. The van der Waals surface area contributed by atoms with Gasteiger partial charge in [-0.15, -0.1) is 0 Å². The first-order chi connectivity index (χ1) is 13.3. The third-order valence-electron chi connectivity index (χ3n) is 7.45. The molecule has 3 aromatic rings. The van der Waals surface area contributed by atoms with Crippen LogP contribution in [0, 0.1) is 17.8 Å². The second-order valence-corrected chi connectivity index (χ2v) is 8.48. The summed E-state index contributed by atoms with van der Waals surface area (Å²) in [7, 11) is 0. The first-order valence-electron chi connectivity index (χ1n) is 10.0. The highest BCUT2D eigenvalue weighted by Gasteiger charge is 2.79. The van der Waals surface area contributed by atoms with Gasteiger partial charge in [0.25, 0.3) is 0 Å². The van der Waals surface area contributed by atoms with Crippen LogP contribution in [0.2, 0.25) is 0 Å². The number of carbonyl (C=O) groups is 1. The van der Waals surface area contributed by atoms with Gasteiger partial charge in [-0.2, -0.15) is 0 Å². The van der Waals surface area contributed by atoms with Crippen LogP contribution in [0.5, 0.6) is 0 Å². The van der Waals surface area contributed by atoms with Crippen molar-refractivity contribution in [3.63, 3.8) is 0 Å². The molecule has 0 spiro atoms. The lowest BCUT2D eigenvalue weighted by molar-refractivity contribution is 0.0902. The lowest BCUT2D eigenvalue weighted by Gasteiger charge is -2.38. The molecule has 1 heteroatoms. The molecule has 1 nitrogen and oxygen atoms in total. The van der Waals surface area contributed by atoms with Crippen LogP contribution in [-0.2, 0) is 11.8 Å². The molecular formula is C26H22O. The molecule has 2 fully saturated rings. The topological polar surface area (TPSA) is 17.1 Å². The predicted octanol–water partition coefficient (Wildman–Crippen LogP) is 5.41. The van der Waals surface area contributed by atoms with E-state index >= 15 is 0 Å². The van der Waals surface area contributed by atoms with Crippen molar-refractivity contribution >= 4 is 5.78 Å². The van der Waals surface area contributed by atoms with Crippen molar-refractivity contribution < 1.29 is 4.79 Å². The Morgan fingerprint density at radius 2 is 1.52 bits per heavy atom. The van der Waals surface area contributed by atoms with Gasteiger partial charge in [-0.1, -0.05) is 84.9 Å². The highest BCUT2D eigenvalue weighted by Crippen LogP contribution is 2.78. The molecule has 6 rings (SSSR count). The van der Waals surface area contributed by atoms with Crippen LogP contribution in [0.15, 0.2) is 84.9 Å². The molecule has 0 aliphatic heterocycles. The van der Waals surface area contributed by atoms with Crippen LogP contribution in [0.3, 0.4) is 0 Å². The summed E-state index contributed by atoms with van der Waals surface area (Å²) >= 11 is 0. The molecule has 3 aliphatic carbocycles. The zero-order valence-electron chi connectivity index (χ0n) is 15.2. The Balaban J connectivity index is 1.47. The Hall–Kier alpha value is -2.67. The molecule has 2 unspecified atom stereocenters. The molecule has 2 bridgehead atoms. The van der Waals surface area contributed by atoms with E-state index in [1.54, 1.807) is 0 Å². The van der Waals surface area contributed by atoms with Crippen LogP contribution in [0.25, 0.3) is 0 Å². The zero-order chi connectivity index (χ0) is 18.0. The van der Waals surface area contributed by atoms with E-state index in [4.69, 9.17) is 0 Å². The van der Waals surface area contributed by atoms with Crippen LogP contribution >= 0.6 is 0 Å². The maximum Gasteiger partial charge on any atom is 0.173 e. The van der Waals surface area contributed by atoms with Gasteiger partial charge in [0.15, 0.2) is 5.78 Å². The fourth-order valence-corrected chi connectivity index (χ4v) is 6.52. The van der Waals surface area contributed by atoms with E-state index in [1.807, 2.05) is 30.3 Å². The van der Waals surface area contributed by atoms with Crippen molar-refractivity contribution in [3.8, 4) is 0 Å². The molecule has 132 valence electrons. The summed E-state index contributed by atoms with van der Waals surface area (Å²) in [6.07, 6.45) is 2.27. The lowest BCUT2D eigenvalue weighted by atomic mass is 9.64. The number of hydrogen-bond acceptors (Lipinski definition) is 1. The minimum absolute atomic E-state index is 0.272. The van der Waals surface area contributed by atoms with Gasteiger partial charge in [0.05, 0.1) is 5.41 Å². The molecule has 0 radical (unpaired) electrons. The van der Waals surface area contributed by atoms with Crippen molar-refractivity contribution in [2.75, 3.05) is 0 Å². The first-order valence-corrected chi connectivity index (χ1v) is 10.0. The first kappa shape index (κ1) is 15.4. The van der Waals surface area contributed by atoms with E-state index in [2.05, 4.69) is 54.6 Å². The summed E-state index contributed by atoms with van der Waals surface area (Å²) in [5, 5.41) is 0. The Morgan fingerprint density at radius 1 is 0.852 bits per heavy atom. The molecular weight excluding hydrogens is 328 g/mol. The molecule has 5 atom stereocenters. The van der Waals surface area contributed by atoms with Gasteiger partial charge in [0.2, 0.25) is 0 Å². The number of Topliss-reactive ketones (excluding diaryl/α,β-unsaturated/α-hetero) is 1. The standard InChI is InChI=1S/C26H22O/c27-25(18-11-5-2-6-12-18)26-22-14-8-7-13-19(22)20-16-23(26)24(26)21(20)15-17-9-3-1-4-10-17/h1-14,20-21,23-24H,15-16H2/t20-,21+,23-,24?,26?/m1/s1. The Kier molecular flexibility index (Phi) is 3.09. The summed E-state index contributed by atoms with van der Waals surface area (Å²) in [5.74, 6) is 2.58. The largest absolute Gasteiger partial charge is 0.293 e. The fraction of sp³-hybridized carbons (Fsp3) is 0.269. The fourth-order valence-electron chi connectivity index (χ4n) is 6.52. The minimum atomic E-state index is -0.272. The summed E-state index contributed by atoms with van der Waals surface area (Å²) in [5.41, 5.74) is 4.77. The number of ketones is 1. The summed E-state index contributed by atoms with van der Waals surface area (Å²) in [6.45, 7) is 0. The molecule has 2 saturated carbocycles. The smallest absolute Gasteiger partial charge is 0.173 e. The quantitative estimate of drug-likeness (QED) is 0.575. The molecule has 3 aromatic carbocycles. The second-order valence-electron chi connectivity index (χ2n) is 8.48. The molecule has 0 saturated heterocycles. The van der Waals surface area contributed by atoms with Crippen LogP contribution in [-0.4, -0.2) is 5.78 Å². The van der Waals surface area contributed by atoms with Gasteiger partial charge in [0.1, 0.15) is 0 Å². The number of rotatable bonds is 4. The van der Waals surface area contributed by atoms with Crippen molar-refractivity contribution in [1.82, 2.24) is 0 Å². The van der Waals surface area contributed by atoms with Crippen molar-refractivity contribution in [2.24, 2.45) is 17.8 Å². The Labute approximate surface area is 160 Å². The highest BCUT2D eigenvalue weighted by molar-refractivity contribution is 6.08. The highest BCUT2D eigenvalue weighted by atomic mass is 16.1. The zero-order valence-corrected chi connectivity index (χ0v) is 15.2. The Morgan fingerprint density at radius 3 is 2.30 bits per heavy atom. The SMILES string of the molecule is O=C(c1ccccc1)C12c3ccccc3[C@H]3C[C@@H]1C2[C@H]3Cc1ccccc1. The van der Waals surface area contributed by atoms with E-state index < -0.39 is 0 Å². The average molecular weight is 350 g/mol. The maximum absolute atomic E-state index is 13.8. The molecule has 3 aliphatic rings. The second kappa shape index (κ2) is 5.42. The van der Waals surface area contributed by atoms with E-state index in [0.717, 1.165) is 12.0 Å². The normalized spacial score (nSPS) is 32.0. The molecule has 0 heterocycles. The van der Waals surface area contributed by atoms with Gasteiger partial charge in [-0.25, -0.2) is 0 Å². The average Bonchev–Trinajstić information content (AvgIpc) is 3.31. The lowest BCUT2D eigenvalue weighted by Crippen LogP contribution is -2.37. The maximum atomic E-state index is 13.8. The molecule has 0 amide bonds. The summed E-state index contributed by atoms with van der Waals surface area (Å²) in [4.78, 5) is 13.8. The third kappa shape index (κ3) is 1.92. The molecule has 0 N–H and O–H groups in total. The van der Waals surface area contributed by atoms with Gasteiger partial charge in [-0.3, -0.25) is 4.79 Å².